The average molecular weight is 309 g/mol. The largest absolute Gasteiger partial charge is 0.293 e. The van der Waals surface area contributed by atoms with Gasteiger partial charge < -0.3 is 0 Å². The minimum absolute atomic E-state index is 0.0231. The van der Waals surface area contributed by atoms with E-state index in [9.17, 15) is 4.79 Å². The summed E-state index contributed by atoms with van der Waals surface area (Å²) in [6, 6.07) is 0. The van der Waals surface area contributed by atoms with Crippen molar-refractivity contribution in [3.63, 3.8) is 0 Å². The number of hydrogen-bond acceptors (Lipinski definition) is 6. The van der Waals surface area contributed by atoms with Gasteiger partial charge in [0.05, 0.1) is 10.6 Å². The lowest BCUT2D eigenvalue weighted by Gasteiger charge is -2.09. The number of thioether (sulfide) groups is 2. The smallest absolute Gasteiger partial charge is 0.265 e. The minimum Gasteiger partial charge on any atom is -0.293 e. The third kappa shape index (κ3) is 2.42. The summed E-state index contributed by atoms with van der Waals surface area (Å²) < 4.78 is 0.649. The maximum absolute atomic E-state index is 12.1. The van der Waals surface area contributed by atoms with Crippen LogP contribution in [-0.2, 0) is 11.2 Å². The number of aromatic nitrogens is 2. The Labute approximate surface area is 125 Å². The highest BCUT2D eigenvalue weighted by atomic mass is 32.2. The van der Waals surface area contributed by atoms with Crippen molar-refractivity contribution in [2.75, 3.05) is 6.54 Å². The molecule has 1 fully saturated rings. The van der Waals surface area contributed by atoms with E-state index in [1.807, 2.05) is 13.0 Å². The van der Waals surface area contributed by atoms with Crippen LogP contribution in [0.3, 0.4) is 0 Å². The maximum Gasteiger partial charge on any atom is 0.265 e. The summed E-state index contributed by atoms with van der Waals surface area (Å²) >= 11 is 8.24. The van der Waals surface area contributed by atoms with Gasteiger partial charge in [0.15, 0.2) is 0 Å². The van der Waals surface area contributed by atoms with Gasteiger partial charge in [-0.3, -0.25) is 14.7 Å². The Morgan fingerprint density at radius 3 is 3.00 bits per heavy atom. The molecular formula is C12H11N3OS3. The Morgan fingerprint density at radius 1 is 1.53 bits per heavy atom. The van der Waals surface area contributed by atoms with Gasteiger partial charge >= 0.3 is 0 Å². The van der Waals surface area contributed by atoms with Crippen molar-refractivity contribution in [1.29, 1.82) is 0 Å². The number of fused-ring (bicyclic) bond motifs is 1. The highest BCUT2D eigenvalue weighted by Crippen LogP contribution is 2.38. The van der Waals surface area contributed by atoms with Gasteiger partial charge in [0.1, 0.15) is 9.35 Å². The van der Waals surface area contributed by atoms with Crippen LogP contribution in [0.4, 0.5) is 0 Å². The summed E-state index contributed by atoms with van der Waals surface area (Å²) in [6.07, 6.45) is 6.23. The highest BCUT2D eigenvalue weighted by Gasteiger charge is 2.32. The fourth-order valence-corrected chi connectivity index (χ4v) is 4.65. The van der Waals surface area contributed by atoms with E-state index in [-0.39, 0.29) is 11.2 Å². The summed E-state index contributed by atoms with van der Waals surface area (Å²) in [6.45, 7) is 2.56. The van der Waals surface area contributed by atoms with Gasteiger partial charge in [-0.15, -0.1) is 0 Å². The number of rotatable bonds is 2. The van der Waals surface area contributed by atoms with Crippen molar-refractivity contribution in [2.45, 2.75) is 23.6 Å². The summed E-state index contributed by atoms with van der Waals surface area (Å²) in [4.78, 5) is 23.1. The molecule has 2 aliphatic rings. The summed E-state index contributed by atoms with van der Waals surface area (Å²) in [7, 11) is 0. The van der Waals surface area contributed by atoms with Crippen molar-refractivity contribution in [3.05, 3.63) is 29.1 Å². The van der Waals surface area contributed by atoms with Gasteiger partial charge in [0.25, 0.3) is 5.91 Å². The van der Waals surface area contributed by atoms with Crippen molar-refractivity contribution in [2.24, 2.45) is 0 Å². The number of likely N-dealkylation sites (N-methyl/N-ethyl adjacent to an activating group) is 1. The standard InChI is InChI=1S/C12H11N3OS3/c1-2-15-11(16)9(19-12(15)17)6-7-5-8-10(18-7)14-4-3-13-8/h3-4,6-7H,2,5H2,1H3/b9-6-. The molecule has 0 aromatic carbocycles. The number of hydrogen-bond donors (Lipinski definition) is 0. The van der Waals surface area contributed by atoms with Gasteiger partial charge in [-0.05, 0) is 6.92 Å². The predicted octanol–water partition coefficient (Wildman–Crippen LogP) is 2.26. The van der Waals surface area contributed by atoms with Crippen LogP contribution < -0.4 is 0 Å². The summed E-state index contributed by atoms with van der Waals surface area (Å²) in [5.41, 5.74) is 1.01. The van der Waals surface area contributed by atoms with Crippen LogP contribution in [0.25, 0.3) is 0 Å². The number of carbonyl (C=O) groups excluding carboxylic acids is 1. The molecule has 4 nitrogen and oxygen atoms in total. The zero-order chi connectivity index (χ0) is 13.4. The zero-order valence-corrected chi connectivity index (χ0v) is 12.6. The molecule has 3 rings (SSSR count). The lowest BCUT2D eigenvalue weighted by atomic mass is 10.2. The van der Waals surface area contributed by atoms with Gasteiger partial charge in [-0.2, -0.15) is 0 Å². The first kappa shape index (κ1) is 13.1. The number of amides is 1. The molecule has 1 atom stereocenters. The Bertz CT molecular complexity index is 562. The van der Waals surface area contributed by atoms with Crippen molar-refractivity contribution < 1.29 is 4.79 Å². The van der Waals surface area contributed by atoms with E-state index in [1.165, 1.54) is 11.8 Å². The molecule has 0 radical (unpaired) electrons. The van der Waals surface area contributed by atoms with E-state index in [0.717, 1.165) is 22.0 Å². The number of thiocarbonyl (C=S) groups is 1. The highest BCUT2D eigenvalue weighted by molar-refractivity contribution is 8.26. The first-order valence-electron chi connectivity index (χ1n) is 5.91. The number of nitrogens with zero attached hydrogens (tertiary/aromatic N) is 3. The molecule has 1 unspecified atom stereocenters. The molecular weight excluding hydrogens is 298 g/mol. The van der Waals surface area contributed by atoms with Gasteiger partial charge in [0, 0.05) is 30.6 Å². The first-order chi connectivity index (χ1) is 9.19. The van der Waals surface area contributed by atoms with E-state index in [2.05, 4.69) is 9.97 Å². The lowest BCUT2D eigenvalue weighted by Crippen LogP contribution is -2.27. The molecule has 0 N–H and O–H groups in total. The molecule has 0 bridgehead atoms. The SMILES string of the molecule is CCN1C(=O)/C(=C/C2Cc3nccnc3S2)SC1=S. The molecule has 1 aromatic rings. The summed E-state index contributed by atoms with van der Waals surface area (Å²) in [5.74, 6) is 0.0231. The molecule has 3 heterocycles. The van der Waals surface area contributed by atoms with E-state index >= 15 is 0 Å². The fourth-order valence-electron chi connectivity index (χ4n) is 2.02. The molecule has 1 aromatic heterocycles. The lowest BCUT2D eigenvalue weighted by molar-refractivity contribution is -0.122. The quantitative estimate of drug-likeness (QED) is 0.617. The van der Waals surface area contributed by atoms with Crippen molar-refractivity contribution in [3.8, 4) is 0 Å². The molecule has 2 aliphatic heterocycles. The zero-order valence-electron chi connectivity index (χ0n) is 10.2. The second-order valence-corrected chi connectivity index (χ2v) is 7.02. The Morgan fingerprint density at radius 2 is 2.32 bits per heavy atom. The van der Waals surface area contributed by atoms with Crippen LogP contribution >= 0.6 is 35.7 Å². The van der Waals surface area contributed by atoms with E-state index < -0.39 is 0 Å². The minimum atomic E-state index is 0.0231. The summed E-state index contributed by atoms with van der Waals surface area (Å²) in [5, 5.41) is 1.19. The van der Waals surface area contributed by atoms with Gasteiger partial charge in [-0.1, -0.05) is 41.8 Å². The third-order valence-electron chi connectivity index (χ3n) is 2.92. The maximum atomic E-state index is 12.1. The molecule has 0 saturated carbocycles. The van der Waals surface area contributed by atoms with E-state index in [0.29, 0.717) is 10.9 Å². The monoisotopic (exact) mass is 309 g/mol. The van der Waals surface area contributed by atoms with Crippen LogP contribution in [0, 0.1) is 0 Å². The molecule has 1 amide bonds. The predicted molar refractivity (Wildman–Crippen MR) is 81.0 cm³/mol. The van der Waals surface area contributed by atoms with Crippen molar-refractivity contribution in [1.82, 2.24) is 14.9 Å². The van der Waals surface area contributed by atoms with E-state index in [4.69, 9.17) is 12.2 Å². The molecule has 19 heavy (non-hydrogen) atoms. The molecule has 98 valence electrons. The van der Waals surface area contributed by atoms with Crippen molar-refractivity contribution >= 4 is 46.0 Å². The Hall–Kier alpha value is -0.920. The van der Waals surface area contributed by atoms with Crippen LogP contribution in [0.2, 0.25) is 0 Å². The fraction of sp³-hybridized carbons (Fsp3) is 0.333. The molecule has 1 saturated heterocycles. The Kier molecular flexibility index (Phi) is 3.60. The average Bonchev–Trinajstić information content (AvgIpc) is 2.91. The molecule has 0 aliphatic carbocycles. The second-order valence-electron chi connectivity index (χ2n) is 4.12. The first-order valence-corrected chi connectivity index (χ1v) is 8.01. The van der Waals surface area contributed by atoms with Crippen LogP contribution in [-0.4, -0.2) is 36.9 Å². The van der Waals surface area contributed by atoms with Gasteiger partial charge in [0.2, 0.25) is 0 Å². The topological polar surface area (TPSA) is 46.1 Å². The normalized spacial score (nSPS) is 24.4. The van der Waals surface area contributed by atoms with Crippen LogP contribution in [0.15, 0.2) is 28.4 Å². The Balaban J connectivity index is 1.79. The third-order valence-corrected chi connectivity index (χ3v) is 5.49. The molecule has 7 heteroatoms. The number of carbonyl (C=O) groups is 1. The second kappa shape index (κ2) is 5.22. The van der Waals surface area contributed by atoms with Gasteiger partial charge in [-0.25, -0.2) is 4.98 Å². The molecule has 0 spiro atoms. The van der Waals surface area contributed by atoms with E-state index in [1.54, 1.807) is 29.1 Å². The van der Waals surface area contributed by atoms with Crippen LogP contribution in [0.5, 0.6) is 0 Å². The van der Waals surface area contributed by atoms with Crippen LogP contribution in [0.1, 0.15) is 12.6 Å².